The van der Waals surface area contributed by atoms with Crippen molar-refractivity contribution in [2.24, 2.45) is 4.99 Å². The van der Waals surface area contributed by atoms with Gasteiger partial charge in [0.1, 0.15) is 6.21 Å². The Morgan fingerprint density at radius 2 is 1.83 bits per heavy atom. The van der Waals surface area contributed by atoms with Crippen molar-refractivity contribution in [1.29, 1.82) is 0 Å². The fraction of sp³-hybridized carbons (Fsp3) is 0.500. The summed E-state index contributed by atoms with van der Waals surface area (Å²) in [5, 5.41) is 23.4. The number of rotatable bonds is 3. The summed E-state index contributed by atoms with van der Waals surface area (Å²) in [7, 11) is 0. The van der Waals surface area contributed by atoms with Gasteiger partial charge in [-0.1, -0.05) is 0 Å². The van der Waals surface area contributed by atoms with Gasteiger partial charge in [0.05, 0.1) is 13.2 Å². The van der Waals surface area contributed by atoms with E-state index in [1.165, 1.54) is 0 Å². The standard InChI is InChI=1S/C4H7NO3.C2H4O2/c6-2-1-5-3-4(7)8;1-2(3)4/h3,6H,1-2H2,(H,7,8);1H3,(H,3,4). The Balaban J connectivity index is 0. The van der Waals surface area contributed by atoms with Gasteiger partial charge >= 0.3 is 5.97 Å². The van der Waals surface area contributed by atoms with Crippen LogP contribution in [-0.4, -0.2) is 46.6 Å². The molecule has 0 aromatic carbocycles. The van der Waals surface area contributed by atoms with Crippen LogP contribution in [0.25, 0.3) is 0 Å². The van der Waals surface area contributed by atoms with Gasteiger partial charge in [0.2, 0.25) is 0 Å². The van der Waals surface area contributed by atoms with Crippen molar-refractivity contribution in [3.05, 3.63) is 0 Å². The predicted molar refractivity (Wildman–Crippen MR) is 41.4 cm³/mol. The maximum absolute atomic E-state index is 9.64. The number of hydrogen-bond donors (Lipinski definition) is 3. The molecule has 0 saturated carbocycles. The molecule has 70 valence electrons. The molecule has 0 saturated heterocycles. The highest BCUT2D eigenvalue weighted by Gasteiger charge is 1.82. The lowest BCUT2D eigenvalue weighted by Crippen LogP contribution is -1.97. The van der Waals surface area contributed by atoms with Gasteiger partial charge in [-0.2, -0.15) is 0 Å². The quantitative estimate of drug-likeness (QED) is 0.490. The van der Waals surface area contributed by atoms with Gasteiger partial charge in [0.15, 0.2) is 0 Å². The number of carboxylic acids is 2. The number of carboxylic acid groups (broad SMARTS) is 2. The Morgan fingerprint density at radius 3 is 2.08 bits per heavy atom. The summed E-state index contributed by atoms with van der Waals surface area (Å²) in [6.45, 7) is 1.14. The molecule has 0 fully saturated rings. The average Bonchev–Trinajstić information content (AvgIpc) is 1.86. The van der Waals surface area contributed by atoms with Gasteiger partial charge in [-0.25, -0.2) is 4.79 Å². The summed E-state index contributed by atoms with van der Waals surface area (Å²) in [4.78, 5) is 22.0. The summed E-state index contributed by atoms with van der Waals surface area (Å²) < 4.78 is 0. The van der Waals surface area contributed by atoms with Crippen LogP contribution in [0.3, 0.4) is 0 Å². The van der Waals surface area contributed by atoms with Crippen LogP contribution in [0, 0.1) is 0 Å². The third-order valence-electron chi connectivity index (χ3n) is 0.431. The Kier molecular flexibility index (Phi) is 10.5. The first-order chi connectivity index (χ1) is 5.50. The Bertz CT molecular complexity index is 161. The fourth-order valence-electron chi connectivity index (χ4n) is 0.200. The molecule has 0 radical (unpaired) electrons. The summed E-state index contributed by atoms with van der Waals surface area (Å²) in [6.07, 6.45) is 0.760. The Hall–Kier alpha value is -1.43. The molecule has 0 aliphatic rings. The summed E-state index contributed by atoms with van der Waals surface area (Å²) in [6, 6.07) is 0. The normalized spacial score (nSPS) is 8.83. The maximum atomic E-state index is 9.64. The van der Waals surface area contributed by atoms with E-state index in [0.29, 0.717) is 0 Å². The Labute approximate surface area is 69.2 Å². The molecule has 0 aromatic rings. The zero-order valence-corrected chi connectivity index (χ0v) is 6.60. The Morgan fingerprint density at radius 1 is 1.42 bits per heavy atom. The van der Waals surface area contributed by atoms with E-state index in [2.05, 4.69) is 4.99 Å². The highest BCUT2D eigenvalue weighted by Crippen LogP contribution is 1.63. The molecule has 0 heterocycles. The van der Waals surface area contributed by atoms with Gasteiger partial charge in [-0.3, -0.25) is 9.79 Å². The zero-order chi connectivity index (χ0) is 9.98. The first-order valence-corrected chi connectivity index (χ1v) is 3.03. The van der Waals surface area contributed by atoms with Gasteiger partial charge in [-0.05, 0) is 0 Å². The number of aliphatic hydroxyl groups is 1. The summed E-state index contributed by atoms with van der Waals surface area (Å²) in [5.41, 5.74) is 0. The van der Waals surface area contributed by atoms with Gasteiger partial charge < -0.3 is 15.3 Å². The van der Waals surface area contributed by atoms with Crippen molar-refractivity contribution >= 4 is 18.2 Å². The minimum Gasteiger partial charge on any atom is -0.481 e. The average molecular weight is 177 g/mol. The van der Waals surface area contributed by atoms with Crippen LogP contribution in [0.2, 0.25) is 0 Å². The number of aliphatic hydroxyl groups excluding tert-OH is 1. The van der Waals surface area contributed by atoms with E-state index in [-0.39, 0.29) is 13.2 Å². The zero-order valence-electron chi connectivity index (χ0n) is 6.60. The smallest absolute Gasteiger partial charge is 0.346 e. The minimum absolute atomic E-state index is 0.107. The van der Waals surface area contributed by atoms with Crippen LogP contribution >= 0.6 is 0 Å². The molecule has 3 N–H and O–H groups in total. The molecule has 0 atom stereocenters. The second kappa shape index (κ2) is 9.57. The molecular weight excluding hydrogens is 166 g/mol. The number of aliphatic imine (C=N–C) groups is 1. The molecule has 6 nitrogen and oxygen atoms in total. The highest BCUT2D eigenvalue weighted by molar-refractivity contribution is 6.21. The van der Waals surface area contributed by atoms with E-state index in [1.807, 2.05) is 0 Å². The molecule has 0 amide bonds. The van der Waals surface area contributed by atoms with Crippen molar-refractivity contribution in [2.45, 2.75) is 6.92 Å². The van der Waals surface area contributed by atoms with Crippen molar-refractivity contribution in [1.82, 2.24) is 0 Å². The van der Waals surface area contributed by atoms with Crippen LogP contribution in [-0.2, 0) is 9.59 Å². The van der Waals surface area contributed by atoms with Crippen LogP contribution in [0.5, 0.6) is 0 Å². The van der Waals surface area contributed by atoms with Crippen LogP contribution < -0.4 is 0 Å². The van der Waals surface area contributed by atoms with E-state index in [9.17, 15) is 4.79 Å². The number of hydrogen-bond acceptors (Lipinski definition) is 4. The fourth-order valence-corrected chi connectivity index (χ4v) is 0.200. The maximum Gasteiger partial charge on any atom is 0.346 e. The van der Waals surface area contributed by atoms with E-state index >= 15 is 0 Å². The second-order valence-corrected chi connectivity index (χ2v) is 1.62. The number of carbonyl (C=O) groups is 2. The largest absolute Gasteiger partial charge is 0.481 e. The first-order valence-electron chi connectivity index (χ1n) is 3.03. The third-order valence-corrected chi connectivity index (χ3v) is 0.431. The number of aliphatic carboxylic acids is 2. The molecule has 0 aliphatic heterocycles. The lowest BCUT2D eigenvalue weighted by atomic mass is 10.7. The topological polar surface area (TPSA) is 107 Å². The molecule has 6 heteroatoms. The predicted octanol–water partition coefficient (Wildman–Crippen LogP) is -0.775. The van der Waals surface area contributed by atoms with Crippen molar-refractivity contribution in [3.63, 3.8) is 0 Å². The van der Waals surface area contributed by atoms with Crippen molar-refractivity contribution < 1.29 is 24.9 Å². The molecule has 0 spiro atoms. The van der Waals surface area contributed by atoms with E-state index in [1.54, 1.807) is 0 Å². The molecule has 0 aromatic heterocycles. The lowest BCUT2D eigenvalue weighted by molar-refractivity contribution is -0.134. The van der Waals surface area contributed by atoms with Crippen molar-refractivity contribution in [3.8, 4) is 0 Å². The molecule has 0 aliphatic carbocycles. The SMILES string of the molecule is CC(=O)O.O=C(O)C=NCCO. The van der Waals surface area contributed by atoms with Crippen LogP contribution in [0.4, 0.5) is 0 Å². The number of nitrogens with zero attached hydrogens (tertiary/aromatic N) is 1. The monoisotopic (exact) mass is 177 g/mol. The molecular formula is C6H11NO5. The van der Waals surface area contributed by atoms with Gasteiger partial charge in [0.25, 0.3) is 5.97 Å². The van der Waals surface area contributed by atoms with Crippen LogP contribution in [0.15, 0.2) is 4.99 Å². The van der Waals surface area contributed by atoms with Gasteiger partial charge in [-0.15, -0.1) is 0 Å². The van der Waals surface area contributed by atoms with Gasteiger partial charge in [0, 0.05) is 6.92 Å². The molecule has 12 heavy (non-hydrogen) atoms. The third kappa shape index (κ3) is 38.5. The van der Waals surface area contributed by atoms with Crippen LogP contribution in [0.1, 0.15) is 6.92 Å². The molecule has 0 rings (SSSR count). The van der Waals surface area contributed by atoms with E-state index in [0.717, 1.165) is 13.1 Å². The minimum atomic E-state index is -1.08. The lowest BCUT2D eigenvalue weighted by Gasteiger charge is -1.80. The van der Waals surface area contributed by atoms with E-state index < -0.39 is 11.9 Å². The molecule has 0 bridgehead atoms. The second-order valence-electron chi connectivity index (χ2n) is 1.62. The van der Waals surface area contributed by atoms with E-state index in [4.69, 9.17) is 20.1 Å². The highest BCUT2D eigenvalue weighted by atomic mass is 16.4. The summed E-state index contributed by atoms with van der Waals surface area (Å²) >= 11 is 0. The molecule has 0 unspecified atom stereocenters. The summed E-state index contributed by atoms with van der Waals surface area (Å²) in [5.74, 6) is -1.92. The first kappa shape index (κ1) is 13.2. The van der Waals surface area contributed by atoms with Crippen molar-refractivity contribution in [2.75, 3.05) is 13.2 Å².